The molecule has 1 saturated heterocycles. The molecule has 0 bridgehead atoms. The molecule has 0 aromatic heterocycles. The minimum atomic E-state index is 0.649. The van der Waals surface area contributed by atoms with Crippen molar-refractivity contribution >= 4 is 11.6 Å². The molecule has 0 amide bonds. The van der Waals surface area contributed by atoms with E-state index in [9.17, 15) is 0 Å². The lowest BCUT2D eigenvalue weighted by Crippen LogP contribution is -3.12. The van der Waals surface area contributed by atoms with Crippen LogP contribution < -0.4 is 10.2 Å². The zero-order valence-electron chi connectivity index (χ0n) is 13.7. The predicted octanol–water partition coefficient (Wildman–Crippen LogP) is 1.71. The fourth-order valence-electron chi connectivity index (χ4n) is 3.47. The van der Waals surface area contributed by atoms with Crippen LogP contribution in [0.5, 0.6) is 0 Å². The summed E-state index contributed by atoms with van der Waals surface area (Å²) >= 11 is 6.01. The van der Waals surface area contributed by atoms with Crippen molar-refractivity contribution in [1.29, 1.82) is 0 Å². The Hall–Kier alpha value is -0.570. The number of nitrogens with one attached hydrogen (secondary N) is 1. The smallest absolute Gasteiger partial charge is 0.0967 e. The van der Waals surface area contributed by atoms with Crippen LogP contribution in [0.1, 0.15) is 44.6 Å². The molecule has 1 atom stereocenters. The molecule has 3 N–H and O–H groups in total. The molecule has 0 saturated carbocycles. The van der Waals surface area contributed by atoms with E-state index in [1.165, 1.54) is 44.5 Å². The summed E-state index contributed by atoms with van der Waals surface area (Å²) in [4.78, 5) is 1.70. The monoisotopic (exact) mass is 310 g/mol. The van der Waals surface area contributed by atoms with Gasteiger partial charge in [-0.2, -0.15) is 0 Å². The largest absolute Gasteiger partial charge is 0.343 e. The SMILES string of the molecule is CC(C)[C@H](CC[NH2+]C1CC[NH+](C)CC1)c1ccc(Cl)cc1. The van der Waals surface area contributed by atoms with Crippen molar-refractivity contribution < 1.29 is 10.2 Å². The van der Waals surface area contributed by atoms with Crippen molar-refractivity contribution in [1.82, 2.24) is 0 Å². The second kappa shape index (κ2) is 8.17. The summed E-state index contributed by atoms with van der Waals surface area (Å²) in [5.41, 5.74) is 1.44. The van der Waals surface area contributed by atoms with Gasteiger partial charge in [-0.05, 0) is 29.5 Å². The van der Waals surface area contributed by atoms with Gasteiger partial charge in [0.05, 0.1) is 32.7 Å². The molecular formula is C18H31ClN2+2. The summed E-state index contributed by atoms with van der Waals surface area (Å²) in [5, 5.41) is 3.43. The average Bonchev–Trinajstić information content (AvgIpc) is 2.46. The first-order valence-electron chi connectivity index (χ1n) is 8.46. The van der Waals surface area contributed by atoms with Crippen molar-refractivity contribution in [2.24, 2.45) is 5.92 Å². The lowest BCUT2D eigenvalue weighted by Gasteiger charge is -2.26. The van der Waals surface area contributed by atoms with Crippen LogP contribution >= 0.6 is 11.6 Å². The van der Waals surface area contributed by atoms with Crippen LogP contribution in [0.4, 0.5) is 0 Å². The lowest BCUT2D eigenvalue weighted by molar-refractivity contribution is -0.894. The number of hydrogen-bond acceptors (Lipinski definition) is 0. The maximum atomic E-state index is 6.01. The molecule has 1 fully saturated rings. The molecule has 3 heteroatoms. The lowest BCUT2D eigenvalue weighted by atomic mass is 9.85. The minimum absolute atomic E-state index is 0.649. The van der Waals surface area contributed by atoms with E-state index in [-0.39, 0.29) is 0 Å². The van der Waals surface area contributed by atoms with E-state index in [4.69, 9.17) is 11.6 Å². The van der Waals surface area contributed by atoms with Crippen molar-refractivity contribution in [3.05, 3.63) is 34.9 Å². The van der Waals surface area contributed by atoms with E-state index >= 15 is 0 Å². The Morgan fingerprint density at radius 3 is 2.38 bits per heavy atom. The Kier molecular flexibility index (Phi) is 6.53. The second-order valence-corrected chi connectivity index (χ2v) is 7.45. The fourth-order valence-corrected chi connectivity index (χ4v) is 3.60. The van der Waals surface area contributed by atoms with E-state index in [0.717, 1.165) is 11.1 Å². The number of rotatable bonds is 6. The van der Waals surface area contributed by atoms with Gasteiger partial charge in [-0.15, -0.1) is 0 Å². The maximum Gasteiger partial charge on any atom is 0.0967 e. The van der Waals surface area contributed by atoms with Crippen LogP contribution in [0.15, 0.2) is 24.3 Å². The molecule has 118 valence electrons. The predicted molar refractivity (Wildman–Crippen MR) is 90.1 cm³/mol. The summed E-state index contributed by atoms with van der Waals surface area (Å²) in [7, 11) is 2.31. The van der Waals surface area contributed by atoms with Gasteiger partial charge in [0.1, 0.15) is 0 Å². The first-order valence-corrected chi connectivity index (χ1v) is 8.84. The highest BCUT2D eigenvalue weighted by atomic mass is 35.5. The summed E-state index contributed by atoms with van der Waals surface area (Å²) in [6, 6.07) is 9.30. The van der Waals surface area contributed by atoms with E-state index in [0.29, 0.717) is 11.8 Å². The standard InChI is InChI=1S/C18H29ClN2/c1-14(2)18(15-4-6-16(19)7-5-15)8-11-20-17-9-12-21(3)13-10-17/h4-7,14,17-18,20H,8-13H2,1-3H3/p+2/t18-/m0/s1. The number of hydrogen-bond donors (Lipinski definition) is 2. The van der Waals surface area contributed by atoms with E-state index in [1.807, 2.05) is 12.1 Å². The van der Waals surface area contributed by atoms with Gasteiger partial charge in [-0.3, -0.25) is 0 Å². The number of halogens is 1. The van der Waals surface area contributed by atoms with Gasteiger partial charge >= 0.3 is 0 Å². The molecule has 0 radical (unpaired) electrons. The summed E-state index contributed by atoms with van der Waals surface area (Å²) in [6.07, 6.45) is 4.01. The van der Waals surface area contributed by atoms with Gasteiger partial charge in [-0.1, -0.05) is 37.6 Å². The van der Waals surface area contributed by atoms with Crippen molar-refractivity contribution in [2.75, 3.05) is 26.7 Å². The fraction of sp³-hybridized carbons (Fsp3) is 0.667. The molecule has 21 heavy (non-hydrogen) atoms. The number of quaternary nitrogens is 2. The molecule has 1 aliphatic heterocycles. The second-order valence-electron chi connectivity index (χ2n) is 7.01. The number of nitrogens with two attached hydrogens (primary N) is 1. The third-order valence-corrected chi connectivity index (χ3v) is 5.22. The summed E-state index contributed by atoms with van der Waals surface area (Å²) in [5.74, 6) is 1.33. The summed E-state index contributed by atoms with van der Waals surface area (Å²) in [6.45, 7) is 8.59. The van der Waals surface area contributed by atoms with Gasteiger partial charge in [0.25, 0.3) is 0 Å². The molecule has 1 aromatic rings. The number of likely N-dealkylation sites (tertiary alicyclic amines) is 1. The first kappa shape index (κ1) is 16.8. The van der Waals surface area contributed by atoms with Crippen LogP contribution in [0.3, 0.4) is 0 Å². The highest BCUT2D eigenvalue weighted by molar-refractivity contribution is 6.30. The zero-order valence-corrected chi connectivity index (χ0v) is 14.5. The number of piperidine rings is 1. The molecule has 1 heterocycles. The highest BCUT2D eigenvalue weighted by Crippen LogP contribution is 2.28. The van der Waals surface area contributed by atoms with E-state index in [2.05, 4.69) is 38.3 Å². The van der Waals surface area contributed by atoms with Crippen molar-refractivity contribution in [3.8, 4) is 0 Å². The molecule has 0 spiro atoms. The van der Waals surface area contributed by atoms with Crippen molar-refractivity contribution in [3.63, 3.8) is 0 Å². The van der Waals surface area contributed by atoms with Gasteiger partial charge in [0.15, 0.2) is 0 Å². The van der Waals surface area contributed by atoms with Crippen LogP contribution in [-0.4, -0.2) is 32.7 Å². The number of benzene rings is 1. The van der Waals surface area contributed by atoms with Gasteiger partial charge < -0.3 is 10.2 Å². The third kappa shape index (κ3) is 5.28. The van der Waals surface area contributed by atoms with Crippen LogP contribution in [0, 0.1) is 5.92 Å². The van der Waals surface area contributed by atoms with Crippen LogP contribution in [0.25, 0.3) is 0 Å². The van der Waals surface area contributed by atoms with Crippen molar-refractivity contribution in [2.45, 2.75) is 45.1 Å². The van der Waals surface area contributed by atoms with E-state index < -0.39 is 0 Å². The quantitative estimate of drug-likeness (QED) is 0.798. The minimum Gasteiger partial charge on any atom is -0.343 e. The van der Waals surface area contributed by atoms with Gasteiger partial charge in [-0.25, -0.2) is 0 Å². The molecule has 0 aliphatic carbocycles. The maximum absolute atomic E-state index is 6.01. The Bertz CT molecular complexity index is 408. The third-order valence-electron chi connectivity index (χ3n) is 4.96. The molecule has 0 unspecified atom stereocenters. The normalized spacial score (nSPS) is 24.2. The molecule has 2 rings (SSSR count). The summed E-state index contributed by atoms with van der Waals surface area (Å²) < 4.78 is 0. The molecule has 1 aromatic carbocycles. The Balaban J connectivity index is 1.82. The van der Waals surface area contributed by atoms with Crippen LogP contribution in [-0.2, 0) is 0 Å². The van der Waals surface area contributed by atoms with E-state index in [1.54, 1.807) is 4.90 Å². The Labute approximate surface area is 134 Å². The Morgan fingerprint density at radius 1 is 1.19 bits per heavy atom. The topological polar surface area (TPSA) is 21.1 Å². The Morgan fingerprint density at radius 2 is 1.81 bits per heavy atom. The highest BCUT2D eigenvalue weighted by Gasteiger charge is 2.23. The average molecular weight is 311 g/mol. The van der Waals surface area contributed by atoms with Gasteiger partial charge in [0, 0.05) is 24.3 Å². The molecule has 2 nitrogen and oxygen atoms in total. The zero-order chi connectivity index (χ0) is 15.2. The van der Waals surface area contributed by atoms with Crippen LogP contribution in [0.2, 0.25) is 5.02 Å². The molecule has 1 aliphatic rings. The first-order chi connectivity index (χ1) is 10.1. The van der Waals surface area contributed by atoms with Gasteiger partial charge in [0.2, 0.25) is 0 Å². The molecular weight excluding hydrogens is 280 g/mol.